The van der Waals surface area contributed by atoms with Crippen LogP contribution in [0.5, 0.6) is 0 Å². The zero-order valence-electron chi connectivity index (χ0n) is 10.8. The van der Waals surface area contributed by atoms with Gasteiger partial charge in [0.25, 0.3) is 0 Å². The standard InChI is InChI=1S/C13H20FN3O/c1-3-9(2)17-13(15)16-7-10-4-5-12(14)11(6-10)8-18/h4-6,9,18H,3,7-8H2,1-2H3,(H3,15,16,17). The van der Waals surface area contributed by atoms with E-state index in [4.69, 9.17) is 10.8 Å². The minimum Gasteiger partial charge on any atom is -0.392 e. The van der Waals surface area contributed by atoms with E-state index < -0.39 is 5.82 Å². The number of guanidine groups is 1. The third-order valence-corrected chi connectivity index (χ3v) is 2.72. The zero-order chi connectivity index (χ0) is 13.5. The first-order valence-electron chi connectivity index (χ1n) is 6.01. The third-order valence-electron chi connectivity index (χ3n) is 2.72. The van der Waals surface area contributed by atoms with Gasteiger partial charge >= 0.3 is 0 Å². The largest absolute Gasteiger partial charge is 0.392 e. The Morgan fingerprint density at radius 3 is 2.89 bits per heavy atom. The highest BCUT2D eigenvalue weighted by Gasteiger charge is 2.03. The summed E-state index contributed by atoms with van der Waals surface area (Å²) in [4.78, 5) is 4.17. The lowest BCUT2D eigenvalue weighted by Gasteiger charge is -2.11. The van der Waals surface area contributed by atoms with Gasteiger partial charge in [-0.05, 0) is 31.0 Å². The Morgan fingerprint density at radius 2 is 2.28 bits per heavy atom. The van der Waals surface area contributed by atoms with E-state index in [-0.39, 0.29) is 18.2 Å². The average Bonchev–Trinajstić information content (AvgIpc) is 2.37. The molecule has 0 aliphatic rings. The molecule has 0 aliphatic heterocycles. The number of aliphatic imine (C=N–C) groups is 1. The summed E-state index contributed by atoms with van der Waals surface area (Å²) in [6, 6.07) is 4.83. The molecule has 0 saturated carbocycles. The predicted octanol–water partition coefficient (Wildman–Crippen LogP) is 1.52. The SMILES string of the molecule is CCC(C)NC(N)=NCc1ccc(F)c(CO)c1. The molecule has 0 aromatic heterocycles. The maximum atomic E-state index is 13.2. The lowest BCUT2D eigenvalue weighted by molar-refractivity contribution is 0.275. The second kappa shape index (κ2) is 6.96. The summed E-state index contributed by atoms with van der Waals surface area (Å²) in [6.07, 6.45) is 0.960. The van der Waals surface area contributed by atoms with Crippen LogP contribution < -0.4 is 11.1 Å². The van der Waals surface area contributed by atoms with E-state index in [0.717, 1.165) is 12.0 Å². The summed E-state index contributed by atoms with van der Waals surface area (Å²) in [6.45, 7) is 4.12. The van der Waals surface area contributed by atoms with Crippen LogP contribution in [0.1, 0.15) is 31.4 Å². The molecule has 4 N–H and O–H groups in total. The van der Waals surface area contributed by atoms with Crippen molar-refractivity contribution < 1.29 is 9.50 Å². The van der Waals surface area contributed by atoms with E-state index in [1.807, 2.05) is 6.92 Å². The second-order valence-corrected chi connectivity index (χ2v) is 4.24. The van der Waals surface area contributed by atoms with Gasteiger partial charge in [-0.2, -0.15) is 0 Å². The van der Waals surface area contributed by atoms with Crippen molar-refractivity contribution in [3.8, 4) is 0 Å². The average molecular weight is 253 g/mol. The molecule has 1 aromatic carbocycles. The molecule has 0 aliphatic carbocycles. The first kappa shape index (κ1) is 14.4. The van der Waals surface area contributed by atoms with Crippen LogP contribution in [0.2, 0.25) is 0 Å². The quantitative estimate of drug-likeness (QED) is 0.550. The van der Waals surface area contributed by atoms with E-state index in [9.17, 15) is 4.39 Å². The lowest BCUT2D eigenvalue weighted by atomic mass is 10.1. The van der Waals surface area contributed by atoms with Gasteiger partial charge in [-0.1, -0.05) is 13.0 Å². The van der Waals surface area contributed by atoms with Crippen LogP contribution in [0.25, 0.3) is 0 Å². The number of nitrogens with one attached hydrogen (secondary N) is 1. The summed E-state index contributed by atoms with van der Waals surface area (Å²) < 4.78 is 13.2. The van der Waals surface area contributed by atoms with Gasteiger partial charge in [0.1, 0.15) is 5.82 Å². The molecule has 0 spiro atoms. The van der Waals surface area contributed by atoms with Crippen molar-refractivity contribution in [1.29, 1.82) is 0 Å². The van der Waals surface area contributed by atoms with Gasteiger partial charge < -0.3 is 16.2 Å². The van der Waals surface area contributed by atoms with Crippen LogP contribution >= 0.6 is 0 Å². The van der Waals surface area contributed by atoms with Crippen molar-refractivity contribution in [2.24, 2.45) is 10.7 Å². The highest BCUT2D eigenvalue weighted by Crippen LogP contribution is 2.11. The monoisotopic (exact) mass is 253 g/mol. The van der Waals surface area contributed by atoms with E-state index in [2.05, 4.69) is 17.2 Å². The van der Waals surface area contributed by atoms with Crippen LogP contribution in [0, 0.1) is 5.82 Å². The van der Waals surface area contributed by atoms with E-state index in [0.29, 0.717) is 12.5 Å². The summed E-state index contributed by atoms with van der Waals surface area (Å²) >= 11 is 0. The molecular weight excluding hydrogens is 233 g/mol. The van der Waals surface area contributed by atoms with Crippen LogP contribution in [-0.4, -0.2) is 17.1 Å². The number of nitrogens with two attached hydrogens (primary N) is 1. The third kappa shape index (κ3) is 4.33. The number of halogens is 1. The van der Waals surface area contributed by atoms with Crippen LogP contribution in [0.3, 0.4) is 0 Å². The number of rotatable bonds is 5. The van der Waals surface area contributed by atoms with Crippen molar-refractivity contribution >= 4 is 5.96 Å². The molecule has 5 heteroatoms. The maximum Gasteiger partial charge on any atom is 0.189 e. The normalized spacial score (nSPS) is 13.4. The summed E-state index contributed by atoms with van der Waals surface area (Å²) in [7, 11) is 0. The van der Waals surface area contributed by atoms with Gasteiger partial charge in [0.05, 0.1) is 13.2 Å². The van der Waals surface area contributed by atoms with Crippen molar-refractivity contribution in [3.63, 3.8) is 0 Å². The molecule has 1 atom stereocenters. The smallest absolute Gasteiger partial charge is 0.189 e. The Labute approximate surface area is 107 Å². The molecule has 0 radical (unpaired) electrons. The molecular formula is C13H20FN3O. The molecule has 0 saturated heterocycles. The van der Waals surface area contributed by atoms with Crippen LogP contribution in [0.15, 0.2) is 23.2 Å². The number of hydrogen-bond donors (Lipinski definition) is 3. The van der Waals surface area contributed by atoms with Gasteiger partial charge in [0, 0.05) is 11.6 Å². The number of benzene rings is 1. The van der Waals surface area contributed by atoms with Crippen molar-refractivity contribution in [1.82, 2.24) is 5.32 Å². The molecule has 0 fully saturated rings. The Hall–Kier alpha value is -1.62. The summed E-state index contributed by atoms with van der Waals surface area (Å²) in [5.74, 6) is -0.0323. The van der Waals surface area contributed by atoms with Gasteiger partial charge in [-0.25, -0.2) is 9.38 Å². The highest BCUT2D eigenvalue weighted by molar-refractivity contribution is 5.78. The molecule has 18 heavy (non-hydrogen) atoms. The summed E-state index contributed by atoms with van der Waals surface area (Å²) in [5.41, 5.74) is 6.80. The van der Waals surface area contributed by atoms with Gasteiger partial charge in [-0.3, -0.25) is 0 Å². The minimum atomic E-state index is -0.407. The first-order chi connectivity index (χ1) is 8.56. The van der Waals surface area contributed by atoms with E-state index >= 15 is 0 Å². The molecule has 100 valence electrons. The lowest BCUT2D eigenvalue weighted by Crippen LogP contribution is -2.38. The topological polar surface area (TPSA) is 70.6 Å². The van der Waals surface area contributed by atoms with Crippen LogP contribution in [0.4, 0.5) is 4.39 Å². The number of hydrogen-bond acceptors (Lipinski definition) is 2. The van der Waals surface area contributed by atoms with Gasteiger partial charge in [-0.15, -0.1) is 0 Å². The Bertz CT molecular complexity index is 421. The molecule has 1 unspecified atom stereocenters. The molecule has 4 nitrogen and oxygen atoms in total. The first-order valence-corrected chi connectivity index (χ1v) is 6.01. The fourth-order valence-electron chi connectivity index (χ4n) is 1.42. The summed E-state index contributed by atoms with van der Waals surface area (Å²) in [5, 5.41) is 12.0. The van der Waals surface area contributed by atoms with E-state index in [1.165, 1.54) is 6.07 Å². The van der Waals surface area contributed by atoms with Crippen LogP contribution in [-0.2, 0) is 13.2 Å². The number of aliphatic hydroxyl groups excluding tert-OH is 1. The Morgan fingerprint density at radius 1 is 1.56 bits per heavy atom. The molecule has 0 heterocycles. The zero-order valence-corrected chi connectivity index (χ0v) is 10.8. The highest BCUT2D eigenvalue weighted by atomic mass is 19.1. The molecule has 1 rings (SSSR count). The Balaban J connectivity index is 2.65. The van der Waals surface area contributed by atoms with Crippen molar-refractivity contribution in [2.45, 2.75) is 39.5 Å². The molecule has 1 aromatic rings. The number of nitrogens with zero attached hydrogens (tertiary/aromatic N) is 1. The van der Waals surface area contributed by atoms with Crippen molar-refractivity contribution in [3.05, 3.63) is 35.1 Å². The minimum absolute atomic E-state index is 0.273. The molecule has 0 amide bonds. The van der Waals surface area contributed by atoms with Gasteiger partial charge in [0.15, 0.2) is 5.96 Å². The molecule has 0 bridgehead atoms. The fourth-order valence-corrected chi connectivity index (χ4v) is 1.42. The van der Waals surface area contributed by atoms with E-state index in [1.54, 1.807) is 12.1 Å². The maximum absolute atomic E-state index is 13.2. The second-order valence-electron chi connectivity index (χ2n) is 4.24. The Kier molecular flexibility index (Phi) is 5.58. The fraction of sp³-hybridized carbons (Fsp3) is 0.462. The van der Waals surface area contributed by atoms with Gasteiger partial charge in [0.2, 0.25) is 0 Å². The predicted molar refractivity (Wildman–Crippen MR) is 70.5 cm³/mol. The van der Waals surface area contributed by atoms with Crippen molar-refractivity contribution in [2.75, 3.05) is 0 Å². The number of aliphatic hydroxyl groups is 1.